The third kappa shape index (κ3) is 4.57. The summed E-state index contributed by atoms with van der Waals surface area (Å²) >= 11 is 0. The molecule has 1 aromatic carbocycles. The van der Waals surface area contributed by atoms with Gasteiger partial charge in [0.05, 0.1) is 0 Å². The molecule has 5 nitrogen and oxygen atoms in total. The fourth-order valence-corrected chi connectivity index (χ4v) is 4.31. The van der Waals surface area contributed by atoms with Crippen molar-refractivity contribution in [1.82, 2.24) is 10.2 Å². The van der Waals surface area contributed by atoms with Crippen LogP contribution < -0.4 is 11.1 Å². The molecule has 0 aromatic heterocycles. The summed E-state index contributed by atoms with van der Waals surface area (Å²) in [7, 11) is 0. The first-order valence-corrected chi connectivity index (χ1v) is 9.58. The van der Waals surface area contributed by atoms with Crippen LogP contribution >= 0.6 is 12.4 Å². The quantitative estimate of drug-likeness (QED) is 0.746. The number of nitrogens with one attached hydrogen (secondary N) is 1. The number of halogens is 1. The smallest absolute Gasteiger partial charge is 0.254 e. The van der Waals surface area contributed by atoms with Crippen LogP contribution in [0, 0.1) is 5.92 Å². The molecule has 6 heteroatoms. The maximum Gasteiger partial charge on any atom is 0.254 e. The Hall–Kier alpha value is -1.59. The number of nitrogens with zero attached hydrogens (tertiary/aromatic N) is 1. The molecule has 1 aliphatic heterocycles. The highest BCUT2D eigenvalue weighted by atomic mass is 35.5. The molecule has 0 bridgehead atoms. The van der Waals surface area contributed by atoms with Gasteiger partial charge in [-0.2, -0.15) is 0 Å². The molecular weight excluding hydrogens is 350 g/mol. The van der Waals surface area contributed by atoms with Gasteiger partial charge in [0.2, 0.25) is 5.91 Å². The van der Waals surface area contributed by atoms with Gasteiger partial charge in [0, 0.05) is 18.2 Å². The number of benzene rings is 1. The van der Waals surface area contributed by atoms with Crippen LogP contribution in [0.4, 0.5) is 0 Å². The van der Waals surface area contributed by atoms with E-state index in [1.807, 2.05) is 35.2 Å². The van der Waals surface area contributed by atoms with Gasteiger partial charge in [-0.25, -0.2) is 0 Å². The number of rotatable bonds is 6. The molecule has 1 aromatic rings. The number of likely N-dealkylation sites (tertiary alicyclic amines) is 1. The average molecular weight is 380 g/mol. The second kappa shape index (κ2) is 9.93. The highest BCUT2D eigenvalue weighted by molar-refractivity contribution is 5.98. The number of hydrogen-bond donors (Lipinski definition) is 2. The first kappa shape index (κ1) is 20.7. The average Bonchev–Trinajstić information content (AvgIpc) is 3.05. The second-order valence-corrected chi connectivity index (χ2v) is 7.23. The lowest BCUT2D eigenvalue weighted by molar-refractivity contribution is -0.125. The molecule has 2 aliphatic rings. The summed E-state index contributed by atoms with van der Waals surface area (Å²) < 4.78 is 0. The Morgan fingerprint density at radius 3 is 2.58 bits per heavy atom. The minimum absolute atomic E-state index is 0. The minimum atomic E-state index is -0.335. The first-order chi connectivity index (χ1) is 12.2. The van der Waals surface area contributed by atoms with Gasteiger partial charge < -0.3 is 16.0 Å². The van der Waals surface area contributed by atoms with Gasteiger partial charge in [-0.15, -0.1) is 12.4 Å². The predicted octanol–water partition coefficient (Wildman–Crippen LogP) is 2.74. The van der Waals surface area contributed by atoms with E-state index < -0.39 is 0 Å². The van der Waals surface area contributed by atoms with E-state index in [-0.39, 0.29) is 36.3 Å². The lowest BCUT2D eigenvalue weighted by atomic mass is 9.84. The van der Waals surface area contributed by atoms with Gasteiger partial charge >= 0.3 is 0 Å². The first-order valence-electron chi connectivity index (χ1n) is 9.58. The predicted molar refractivity (Wildman–Crippen MR) is 105 cm³/mol. The van der Waals surface area contributed by atoms with E-state index in [0.717, 1.165) is 38.5 Å². The highest BCUT2D eigenvalue weighted by Crippen LogP contribution is 2.40. The summed E-state index contributed by atoms with van der Waals surface area (Å²) in [5.74, 6) is 0.453. The Morgan fingerprint density at radius 1 is 1.12 bits per heavy atom. The third-order valence-electron chi connectivity index (χ3n) is 5.58. The Balaban J connectivity index is 0.00000243. The highest BCUT2D eigenvalue weighted by Gasteiger charge is 2.47. The number of unbranched alkanes of at least 4 members (excludes halogenated alkanes) is 1. The maximum atomic E-state index is 13.1. The largest absolute Gasteiger partial charge is 0.354 e. The van der Waals surface area contributed by atoms with Crippen LogP contribution in [0.5, 0.6) is 0 Å². The van der Waals surface area contributed by atoms with Crippen molar-refractivity contribution in [1.29, 1.82) is 0 Å². The zero-order valence-corrected chi connectivity index (χ0v) is 16.0. The van der Waals surface area contributed by atoms with E-state index in [2.05, 4.69) is 5.32 Å². The Morgan fingerprint density at radius 2 is 1.85 bits per heavy atom. The molecule has 1 aliphatic carbocycles. The van der Waals surface area contributed by atoms with Crippen molar-refractivity contribution in [2.24, 2.45) is 11.7 Å². The Kier molecular flexibility index (Phi) is 7.91. The van der Waals surface area contributed by atoms with Gasteiger partial charge in [0.25, 0.3) is 5.91 Å². The van der Waals surface area contributed by atoms with Gasteiger partial charge in [0.1, 0.15) is 6.04 Å². The van der Waals surface area contributed by atoms with E-state index in [1.54, 1.807) is 0 Å². The van der Waals surface area contributed by atoms with Crippen molar-refractivity contribution in [3.05, 3.63) is 35.9 Å². The maximum absolute atomic E-state index is 13.1. The fourth-order valence-electron chi connectivity index (χ4n) is 4.31. The molecule has 0 radical (unpaired) electrons. The molecule has 2 amide bonds. The molecule has 3 atom stereocenters. The zero-order valence-electron chi connectivity index (χ0n) is 15.2. The number of carbonyl (C=O) groups is 2. The monoisotopic (exact) mass is 379 g/mol. The summed E-state index contributed by atoms with van der Waals surface area (Å²) in [6.45, 7) is 1.28. The van der Waals surface area contributed by atoms with Crippen molar-refractivity contribution in [2.75, 3.05) is 13.1 Å². The summed E-state index contributed by atoms with van der Waals surface area (Å²) in [5.41, 5.74) is 6.18. The number of fused-ring (bicyclic) bond motifs is 1. The lowest BCUT2D eigenvalue weighted by Crippen LogP contribution is -2.49. The van der Waals surface area contributed by atoms with E-state index in [9.17, 15) is 9.59 Å². The Labute approximate surface area is 162 Å². The van der Waals surface area contributed by atoms with Gasteiger partial charge in [-0.05, 0) is 56.7 Å². The summed E-state index contributed by atoms with van der Waals surface area (Å²) in [4.78, 5) is 27.8. The third-order valence-corrected chi connectivity index (χ3v) is 5.58. The van der Waals surface area contributed by atoms with Crippen LogP contribution in [0.1, 0.15) is 55.3 Å². The standard InChI is InChI=1S/C20H29N3O2.ClH/c21-12-6-7-13-22-19(24)18-14-16-10-4-5-11-17(16)23(18)20(25)15-8-2-1-3-9-15;/h1-3,8-9,16-18H,4-7,10-14,21H2,(H,22,24);1H. The molecule has 0 spiro atoms. The molecule has 26 heavy (non-hydrogen) atoms. The Bertz CT molecular complexity index is 596. The topological polar surface area (TPSA) is 75.4 Å². The minimum Gasteiger partial charge on any atom is -0.354 e. The zero-order chi connectivity index (χ0) is 17.6. The summed E-state index contributed by atoms with van der Waals surface area (Å²) in [5, 5.41) is 3.02. The molecule has 3 rings (SSSR count). The molecule has 3 unspecified atom stereocenters. The number of carbonyl (C=O) groups excluding carboxylic acids is 2. The van der Waals surface area contributed by atoms with Crippen molar-refractivity contribution < 1.29 is 9.59 Å². The lowest BCUT2D eigenvalue weighted by Gasteiger charge is -2.33. The van der Waals surface area contributed by atoms with Gasteiger partial charge in [0.15, 0.2) is 0 Å². The molecule has 1 saturated carbocycles. The molecule has 2 fully saturated rings. The van der Waals surface area contributed by atoms with Crippen LogP contribution in [0.3, 0.4) is 0 Å². The van der Waals surface area contributed by atoms with Crippen molar-refractivity contribution in [2.45, 2.75) is 57.0 Å². The van der Waals surface area contributed by atoms with Crippen LogP contribution in [0.25, 0.3) is 0 Å². The van der Waals surface area contributed by atoms with Crippen LogP contribution in [-0.4, -0.2) is 41.9 Å². The number of amides is 2. The number of nitrogens with two attached hydrogens (primary N) is 1. The normalized spacial score (nSPS) is 24.5. The van der Waals surface area contributed by atoms with Crippen molar-refractivity contribution in [3.8, 4) is 0 Å². The summed E-state index contributed by atoms with van der Waals surface area (Å²) in [6, 6.07) is 9.22. The van der Waals surface area contributed by atoms with Crippen LogP contribution in [-0.2, 0) is 4.79 Å². The summed E-state index contributed by atoms with van der Waals surface area (Å²) in [6.07, 6.45) is 7.08. The SMILES string of the molecule is Cl.NCCCCNC(=O)C1CC2CCCCC2N1C(=O)c1ccccc1. The van der Waals surface area contributed by atoms with Gasteiger partial charge in [-0.3, -0.25) is 9.59 Å². The van der Waals surface area contributed by atoms with Crippen molar-refractivity contribution in [3.63, 3.8) is 0 Å². The van der Waals surface area contributed by atoms with E-state index >= 15 is 0 Å². The molecule has 1 saturated heterocycles. The molecule has 144 valence electrons. The molecule has 1 heterocycles. The molecular formula is C20H30ClN3O2. The molecule has 3 N–H and O–H groups in total. The second-order valence-electron chi connectivity index (χ2n) is 7.23. The van der Waals surface area contributed by atoms with Crippen LogP contribution in [0.15, 0.2) is 30.3 Å². The van der Waals surface area contributed by atoms with E-state index in [1.165, 1.54) is 6.42 Å². The van der Waals surface area contributed by atoms with Gasteiger partial charge in [-0.1, -0.05) is 31.0 Å². The van der Waals surface area contributed by atoms with Crippen LogP contribution in [0.2, 0.25) is 0 Å². The van der Waals surface area contributed by atoms with Crippen molar-refractivity contribution >= 4 is 24.2 Å². The van der Waals surface area contributed by atoms with E-state index in [0.29, 0.717) is 24.6 Å². The number of hydrogen-bond acceptors (Lipinski definition) is 3. The fraction of sp³-hybridized carbons (Fsp3) is 0.600. The van der Waals surface area contributed by atoms with E-state index in [4.69, 9.17) is 5.73 Å².